The highest BCUT2D eigenvalue weighted by atomic mass is 35.5. The van der Waals surface area contributed by atoms with E-state index in [1.807, 2.05) is 0 Å². The first kappa shape index (κ1) is 12.8. The lowest BCUT2D eigenvalue weighted by Crippen LogP contribution is -2.36. The van der Waals surface area contributed by atoms with E-state index >= 15 is 0 Å². The van der Waals surface area contributed by atoms with Crippen LogP contribution in [0.5, 0.6) is 0 Å². The number of oxime groups is 1. The van der Waals surface area contributed by atoms with Crippen LogP contribution < -0.4 is 0 Å². The van der Waals surface area contributed by atoms with E-state index in [0.29, 0.717) is 5.71 Å². The molecular formula is C12H11ClFNO3. The minimum absolute atomic E-state index is 0.00173. The van der Waals surface area contributed by atoms with Crippen molar-refractivity contribution in [3.8, 4) is 0 Å². The van der Waals surface area contributed by atoms with Gasteiger partial charge in [-0.2, -0.15) is 0 Å². The fourth-order valence-corrected chi connectivity index (χ4v) is 1.91. The molecule has 6 heteroatoms. The first-order valence-corrected chi connectivity index (χ1v) is 5.63. The van der Waals surface area contributed by atoms with Crippen LogP contribution in [0.1, 0.15) is 18.9 Å². The number of carbonyl (C=O) groups is 1. The molecule has 0 saturated carbocycles. The van der Waals surface area contributed by atoms with E-state index in [2.05, 4.69) is 9.89 Å². The zero-order valence-electron chi connectivity index (χ0n) is 9.87. The van der Waals surface area contributed by atoms with Crippen LogP contribution in [0.25, 0.3) is 0 Å². The Balaban J connectivity index is 2.28. The third-order valence-corrected chi connectivity index (χ3v) is 3.03. The van der Waals surface area contributed by atoms with Crippen LogP contribution in [0.3, 0.4) is 0 Å². The Morgan fingerprint density at radius 1 is 1.61 bits per heavy atom. The third-order valence-electron chi connectivity index (χ3n) is 2.74. The summed E-state index contributed by atoms with van der Waals surface area (Å²) >= 11 is 5.69. The van der Waals surface area contributed by atoms with Crippen molar-refractivity contribution in [2.24, 2.45) is 5.16 Å². The van der Waals surface area contributed by atoms with Crippen LogP contribution in [0.4, 0.5) is 4.39 Å². The van der Waals surface area contributed by atoms with Gasteiger partial charge in [0.15, 0.2) is 5.82 Å². The molecule has 1 heterocycles. The fourth-order valence-electron chi connectivity index (χ4n) is 1.74. The number of nitrogens with zero attached hydrogens (tertiary/aromatic N) is 1. The molecule has 4 nitrogen and oxygen atoms in total. The van der Waals surface area contributed by atoms with Gasteiger partial charge in [0.05, 0.1) is 17.8 Å². The van der Waals surface area contributed by atoms with Crippen LogP contribution >= 0.6 is 11.6 Å². The van der Waals surface area contributed by atoms with Gasteiger partial charge in [-0.1, -0.05) is 22.8 Å². The Labute approximate surface area is 108 Å². The molecule has 0 saturated heterocycles. The van der Waals surface area contributed by atoms with Crippen LogP contribution in [0.15, 0.2) is 23.4 Å². The van der Waals surface area contributed by atoms with Gasteiger partial charge in [0, 0.05) is 12.0 Å². The summed E-state index contributed by atoms with van der Waals surface area (Å²) in [4.78, 5) is 16.6. The number of carbonyl (C=O) groups excluding carboxylic acids is 1. The summed E-state index contributed by atoms with van der Waals surface area (Å²) in [6.07, 6.45) is 0.136. The minimum Gasteiger partial charge on any atom is -0.466 e. The molecule has 0 bridgehead atoms. The van der Waals surface area contributed by atoms with Gasteiger partial charge in [0.25, 0.3) is 0 Å². The smallest absolute Gasteiger partial charge is 0.353 e. The summed E-state index contributed by atoms with van der Waals surface area (Å²) in [6.45, 7) is 1.54. The van der Waals surface area contributed by atoms with E-state index < -0.39 is 17.4 Å². The number of rotatable bonds is 2. The Kier molecular flexibility index (Phi) is 3.26. The molecule has 0 N–H and O–H groups in total. The zero-order chi connectivity index (χ0) is 13.3. The molecule has 2 rings (SSSR count). The summed E-state index contributed by atoms with van der Waals surface area (Å²) in [5.41, 5.74) is -0.642. The average molecular weight is 272 g/mol. The summed E-state index contributed by atoms with van der Waals surface area (Å²) in [7, 11) is 1.26. The Bertz CT molecular complexity index is 532. The molecule has 1 aliphatic rings. The minimum atomic E-state index is -1.21. The molecule has 1 aromatic rings. The maximum atomic E-state index is 13.8. The predicted octanol–water partition coefficient (Wildman–Crippen LogP) is 2.54. The average Bonchev–Trinajstić information content (AvgIpc) is 2.75. The zero-order valence-corrected chi connectivity index (χ0v) is 10.6. The molecule has 1 aliphatic heterocycles. The van der Waals surface area contributed by atoms with Gasteiger partial charge in [-0.15, -0.1) is 0 Å². The largest absolute Gasteiger partial charge is 0.466 e. The van der Waals surface area contributed by atoms with Gasteiger partial charge in [-0.25, -0.2) is 9.18 Å². The highest BCUT2D eigenvalue weighted by Gasteiger charge is 2.43. The first-order chi connectivity index (χ1) is 8.48. The van der Waals surface area contributed by atoms with E-state index in [4.69, 9.17) is 16.4 Å². The summed E-state index contributed by atoms with van der Waals surface area (Å²) in [6, 6.07) is 4.58. The lowest BCUT2D eigenvalue weighted by molar-refractivity contribution is -0.164. The van der Waals surface area contributed by atoms with Crippen molar-refractivity contribution in [3.63, 3.8) is 0 Å². The first-order valence-electron chi connectivity index (χ1n) is 5.26. The Morgan fingerprint density at radius 2 is 2.33 bits per heavy atom. The van der Waals surface area contributed by atoms with Crippen LogP contribution in [-0.4, -0.2) is 24.4 Å². The molecule has 0 aromatic heterocycles. The summed E-state index contributed by atoms with van der Waals surface area (Å²) in [5.74, 6) is -1.13. The molecule has 1 atom stereocenters. The monoisotopic (exact) mass is 271 g/mol. The number of esters is 1. The second kappa shape index (κ2) is 4.57. The highest BCUT2D eigenvalue weighted by molar-refractivity contribution is 6.31. The molecule has 0 spiro atoms. The molecule has 0 fully saturated rings. The number of halogens is 2. The van der Waals surface area contributed by atoms with Gasteiger partial charge in [0.2, 0.25) is 5.60 Å². The normalized spacial score (nSPS) is 22.3. The van der Waals surface area contributed by atoms with Crippen molar-refractivity contribution in [1.82, 2.24) is 0 Å². The quantitative estimate of drug-likeness (QED) is 0.777. The third kappa shape index (κ3) is 2.06. The summed E-state index contributed by atoms with van der Waals surface area (Å²) < 4.78 is 18.4. The molecule has 96 valence electrons. The van der Waals surface area contributed by atoms with E-state index in [1.54, 1.807) is 6.07 Å². The molecule has 0 radical (unpaired) electrons. The number of hydrogen-bond donors (Lipinski definition) is 0. The highest BCUT2D eigenvalue weighted by Crippen LogP contribution is 2.30. The van der Waals surface area contributed by atoms with E-state index in [9.17, 15) is 9.18 Å². The maximum Gasteiger partial charge on any atom is 0.353 e. The van der Waals surface area contributed by atoms with E-state index in [-0.39, 0.29) is 17.0 Å². The molecular weight excluding hydrogens is 261 g/mol. The standard InChI is InChI=1S/C12H11ClFNO3/c1-12(11(16)17-2)6-9(15-18-12)7-4-3-5-8(13)10(7)14/h3-5H,6H2,1-2H3. The lowest BCUT2D eigenvalue weighted by Gasteiger charge is -2.17. The van der Waals surface area contributed by atoms with E-state index in [0.717, 1.165) is 0 Å². The van der Waals surface area contributed by atoms with Crippen molar-refractivity contribution in [2.45, 2.75) is 18.9 Å². The SMILES string of the molecule is COC(=O)C1(C)CC(c2cccc(Cl)c2F)=NO1. The second-order valence-corrected chi connectivity index (χ2v) is 4.54. The van der Waals surface area contributed by atoms with Gasteiger partial charge >= 0.3 is 5.97 Å². The van der Waals surface area contributed by atoms with Crippen LogP contribution in [-0.2, 0) is 14.4 Å². The molecule has 1 aromatic carbocycles. The maximum absolute atomic E-state index is 13.8. The van der Waals surface area contributed by atoms with Crippen molar-refractivity contribution in [1.29, 1.82) is 0 Å². The number of benzene rings is 1. The van der Waals surface area contributed by atoms with Gasteiger partial charge in [-0.3, -0.25) is 0 Å². The van der Waals surface area contributed by atoms with Gasteiger partial charge in [0.1, 0.15) is 0 Å². The van der Waals surface area contributed by atoms with Crippen molar-refractivity contribution in [2.75, 3.05) is 7.11 Å². The predicted molar refractivity (Wildman–Crippen MR) is 64.1 cm³/mol. The van der Waals surface area contributed by atoms with E-state index in [1.165, 1.54) is 26.2 Å². The summed E-state index contributed by atoms with van der Waals surface area (Å²) in [5, 5.41) is 3.75. The van der Waals surface area contributed by atoms with Crippen LogP contribution in [0, 0.1) is 5.82 Å². The van der Waals surface area contributed by atoms with Crippen LogP contribution in [0.2, 0.25) is 5.02 Å². The second-order valence-electron chi connectivity index (χ2n) is 4.13. The topological polar surface area (TPSA) is 47.9 Å². The van der Waals surface area contributed by atoms with Gasteiger partial charge in [-0.05, 0) is 19.1 Å². The Morgan fingerprint density at radius 3 is 3.00 bits per heavy atom. The van der Waals surface area contributed by atoms with Crippen molar-refractivity contribution in [3.05, 3.63) is 34.6 Å². The molecule has 1 unspecified atom stereocenters. The Hall–Kier alpha value is -1.62. The van der Waals surface area contributed by atoms with Gasteiger partial charge < -0.3 is 9.57 Å². The lowest BCUT2D eigenvalue weighted by atomic mass is 9.96. The number of methoxy groups -OCH3 is 1. The number of ether oxygens (including phenoxy) is 1. The molecule has 0 amide bonds. The van der Waals surface area contributed by atoms with Crippen molar-refractivity contribution >= 4 is 23.3 Å². The fraction of sp³-hybridized carbons (Fsp3) is 0.333. The van der Waals surface area contributed by atoms with Crippen molar-refractivity contribution < 1.29 is 18.8 Å². The molecule has 18 heavy (non-hydrogen) atoms. The molecule has 0 aliphatic carbocycles. The number of hydrogen-bond acceptors (Lipinski definition) is 4.